The SMILES string of the molecule is CNc1cc(OCCCOc2cc(C(=O)O)c(NC(=O)c3cc/c(=N/N)n(N)n3)cc2F)c(F)cc1C=O.CO.N/N=c1/ccc(C=O)nn1N. The predicted octanol–water partition coefficient (Wildman–Crippen LogP) is -0.906. The number of nitrogens with zero attached hydrogens (tertiary/aromatic N) is 6. The van der Waals surface area contributed by atoms with E-state index in [0.29, 0.717) is 23.7 Å². The van der Waals surface area contributed by atoms with E-state index in [9.17, 15) is 33.1 Å². The van der Waals surface area contributed by atoms with Crippen LogP contribution >= 0.6 is 0 Å². The molecule has 0 spiro atoms. The highest BCUT2D eigenvalue weighted by Crippen LogP contribution is 2.28. The minimum atomic E-state index is -1.46. The number of nitrogens with two attached hydrogens (primary N) is 4. The molecule has 0 aliphatic heterocycles. The Balaban J connectivity index is 0.000000585. The first-order valence-electron chi connectivity index (χ1n) is 14.1. The molecule has 0 bridgehead atoms. The van der Waals surface area contributed by atoms with Crippen molar-refractivity contribution < 1.29 is 47.6 Å². The smallest absolute Gasteiger partial charge is 0.337 e. The molecule has 2 heterocycles. The van der Waals surface area contributed by atoms with E-state index in [0.717, 1.165) is 34.9 Å². The molecule has 0 fully saturated rings. The number of carbonyl (C=O) groups excluding carboxylic acids is 3. The molecule has 0 atom stereocenters. The number of carbonyl (C=O) groups is 4. The van der Waals surface area contributed by atoms with Crippen LogP contribution in [0.1, 0.15) is 48.1 Å². The van der Waals surface area contributed by atoms with Crippen molar-refractivity contribution in [2.45, 2.75) is 6.42 Å². The number of halogens is 2. The molecule has 4 rings (SSSR count). The lowest BCUT2D eigenvalue weighted by molar-refractivity contribution is 0.0697. The third-order valence-corrected chi connectivity index (χ3v) is 6.17. The number of aromatic nitrogens is 4. The fraction of sp³-hybridized carbons (Fsp3) is 0.172. The van der Waals surface area contributed by atoms with Gasteiger partial charge in [-0.15, -0.1) is 10.2 Å². The van der Waals surface area contributed by atoms with Crippen LogP contribution in [-0.2, 0) is 0 Å². The first-order chi connectivity index (χ1) is 24.4. The molecule has 0 aliphatic carbocycles. The Bertz CT molecular complexity index is 2000. The highest BCUT2D eigenvalue weighted by molar-refractivity contribution is 6.06. The Hall–Kier alpha value is -7.10. The number of ether oxygens (including phenoxy) is 2. The maximum atomic E-state index is 14.6. The van der Waals surface area contributed by atoms with Gasteiger partial charge in [-0.2, -0.15) is 19.8 Å². The number of aromatic carboxylic acids is 1. The number of nitrogens with one attached hydrogen (secondary N) is 2. The highest BCUT2D eigenvalue weighted by atomic mass is 19.1. The maximum Gasteiger partial charge on any atom is 0.337 e. The Morgan fingerprint density at radius 2 is 1.43 bits per heavy atom. The third-order valence-electron chi connectivity index (χ3n) is 6.17. The molecule has 0 saturated carbocycles. The summed E-state index contributed by atoms with van der Waals surface area (Å²) in [6.07, 6.45) is 1.27. The van der Waals surface area contributed by atoms with Crippen molar-refractivity contribution in [2.75, 3.05) is 49.7 Å². The van der Waals surface area contributed by atoms with Gasteiger partial charge in [-0.25, -0.2) is 13.6 Å². The second-order valence-electron chi connectivity index (χ2n) is 9.33. The number of nitrogen functional groups attached to an aromatic ring is 2. The van der Waals surface area contributed by atoms with Crippen LogP contribution in [-0.4, -0.2) is 81.8 Å². The van der Waals surface area contributed by atoms with Gasteiger partial charge in [0.25, 0.3) is 5.91 Å². The van der Waals surface area contributed by atoms with E-state index in [1.807, 2.05) is 0 Å². The minimum absolute atomic E-state index is 0.0214. The van der Waals surface area contributed by atoms with Gasteiger partial charge >= 0.3 is 5.97 Å². The molecule has 272 valence electrons. The summed E-state index contributed by atoms with van der Waals surface area (Å²) < 4.78 is 39.4. The van der Waals surface area contributed by atoms with Crippen molar-refractivity contribution in [1.82, 2.24) is 19.8 Å². The van der Waals surface area contributed by atoms with Gasteiger partial charge in [0.05, 0.1) is 24.5 Å². The Labute approximate surface area is 286 Å². The Morgan fingerprint density at radius 3 is 1.94 bits per heavy atom. The van der Waals surface area contributed by atoms with Crippen molar-refractivity contribution >= 4 is 35.8 Å². The molecular formula is C29H34F2N12O8. The van der Waals surface area contributed by atoms with Crippen LogP contribution < -0.4 is 54.5 Å². The summed E-state index contributed by atoms with van der Waals surface area (Å²) in [6, 6.07) is 9.57. The molecule has 22 heteroatoms. The van der Waals surface area contributed by atoms with Gasteiger partial charge in [0.15, 0.2) is 52.4 Å². The van der Waals surface area contributed by atoms with Gasteiger partial charge in [-0.1, -0.05) is 0 Å². The summed E-state index contributed by atoms with van der Waals surface area (Å²) in [5, 5.41) is 35.6. The van der Waals surface area contributed by atoms with Gasteiger partial charge in [0, 0.05) is 44.0 Å². The van der Waals surface area contributed by atoms with Crippen LogP contribution in [0.2, 0.25) is 0 Å². The normalized spacial score (nSPS) is 10.8. The summed E-state index contributed by atoms with van der Waals surface area (Å²) in [5.74, 6) is 16.4. The largest absolute Gasteiger partial charge is 0.490 e. The van der Waals surface area contributed by atoms with Crippen molar-refractivity contribution in [2.24, 2.45) is 21.9 Å². The van der Waals surface area contributed by atoms with Crippen LogP contribution in [0.4, 0.5) is 20.2 Å². The standard InChI is InChI=1S/C23H23F2N7O6.C5H7N5O.CH4O/c1-28-17-10-20(14(24)7-12(17)11-33)38-6-2-5-37-19-8-13(23(35)36)18(9-15(19)25)29-22(34)16-3-4-21(30-26)32(27)31-16;6-8-5-2-1-4(3-11)9-10(5)7;1-2/h3-4,7-11,28H,2,5-6,26-27H2,1H3,(H,29,34)(H,35,36);1-3H,6-7H2;2H,1H3/b30-21-;8-5-;. The molecule has 0 saturated heterocycles. The van der Waals surface area contributed by atoms with E-state index < -0.39 is 29.1 Å². The maximum absolute atomic E-state index is 14.6. The van der Waals surface area contributed by atoms with Crippen molar-refractivity contribution in [3.05, 3.63) is 93.7 Å². The zero-order valence-corrected chi connectivity index (χ0v) is 27.0. The number of hydrogen-bond donors (Lipinski definition) is 8. The fourth-order valence-corrected chi connectivity index (χ4v) is 3.81. The highest BCUT2D eigenvalue weighted by Gasteiger charge is 2.20. The van der Waals surface area contributed by atoms with E-state index in [2.05, 4.69) is 31.0 Å². The van der Waals surface area contributed by atoms with Crippen LogP contribution in [0.3, 0.4) is 0 Å². The lowest BCUT2D eigenvalue weighted by atomic mass is 10.1. The number of rotatable bonds is 12. The van der Waals surface area contributed by atoms with Crippen LogP contribution in [0.25, 0.3) is 0 Å². The molecular weight excluding hydrogens is 682 g/mol. The summed E-state index contributed by atoms with van der Waals surface area (Å²) >= 11 is 0. The van der Waals surface area contributed by atoms with E-state index >= 15 is 0 Å². The number of hydrogen-bond acceptors (Lipinski definition) is 16. The van der Waals surface area contributed by atoms with Crippen LogP contribution in [0.5, 0.6) is 11.5 Å². The molecule has 4 aromatic rings. The number of aldehydes is 2. The molecule has 20 nitrogen and oxygen atoms in total. The average Bonchev–Trinajstić information content (AvgIpc) is 3.13. The van der Waals surface area contributed by atoms with Crippen molar-refractivity contribution in [3.63, 3.8) is 0 Å². The molecule has 0 radical (unpaired) electrons. The van der Waals surface area contributed by atoms with E-state index in [-0.39, 0.29) is 59.3 Å². The number of carboxylic acid groups (broad SMARTS) is 1. The molecule has 0 aliphatic rings. The molecule has 12 N–H and O–H groups in total. The van der Waals surface area contributed by atoms with E-state index in [1.165, 1.54) is 30.3 Å². The zero-order chi connectivity index (χ0) is 38.1. The Kier molecular flexibility index (Phi) is 15.4. The number of benzene rings is 2. The van der Waals surface area contributed by atoms with Crippen molar-refractivity contribution in [1.29, 1.82) is 0 Å². The second-order valence-corrected chi connectivity index (χ2v) is 9.33. The molecule has 2 aromatic heterocycles. The third kappa shape index (κ3) is 11.0. The van der Waals surface area contributed by atoms with Crippen LogP contribution in [0, 0.1) is 11.6 Å². The summed E-state index contributed by atoms with van der Waals surface area (Å²) in [5.41, 5.74) is 0.107. The van der Waals surface area contributed by atoms with Gasteiger partial charge in [-0.05, 0) is 36.4 Å². The zero-order valence-electron chi connectivity index (χ0n) is 27.0. The summed E-state index contributed by atoms with van der Waals surface area (Å²) in [4.78, 5) is 47.0. The quantitative estimate of drug-likeness (QED) is 0.0381. The summed E-state index contributed by atoms with van der Waals surface area (Å²) in [7, 11) is 2.57. The van der Waals surface area contributed by atoms with Gasteiger partial charge in [0.2, 0.25) is 0 Å². The molecule has 2 aromatic carbocycles. The lowest BCUT2D eigenvalue weighted by Gasteiger charge is -2.14. The topological polar surface area (TPSA) is 316 Å². The number of aliphatic hydroxyl groups excluding tert-OH is 1. The second kappa shape index (κ2) is 19.7. The van der Waals surface area contributed by atoms with E-state index in [1.54, 1.807) is 7.05 Å². The fourth-order valence-electron chi connectivity index (χ4n) is 3.81. The van der Waals surface area contributed by atoms with Crippen LogP contribution in [0.15, 0.2) is 58.7 Å². The molecule has 51 heavy (non-hydrogen) atoms. The monoisotopic (exact) mass is 716 g/mol. The summed E-state index contributed by atoms with van der Waals surface area (Å²) in [6.45, 7) is -0.125. The minimum Gasteiger partial charge on any atom is -0.490 e. The predicted molar refractivity (Wildman–Crippen MR) is 176 cm³/mol. The number of aliphatic hydroxyl groups is 1. The van der Waals surface area contributed by atoms with Crippen molar-refractivity contribution in [3.8, 4) is 11.5 Å². The Morgan fingerprint density at radius 1 is 0.863 bits per heavy atom. The number of anilines is 2. The van der Waals surface area contributed by atoms with Gasteiger partial charge in [-0.3, -0.25) is 14.4 Å². The number of amides is 1. The van der Waals surface area contributed by atoms with Gasteiger partial charge < -0.3 is 53.7 Å². The molecule has 1 amide bonds. The number of carboxylic acids is 1. The average molecular weight is 717 g/mol. The first kappa shape index (κ1) is 40.1. The first-order valence-corrected chi connectivity index (χ1v) is 14.1. The molecule has 0 unspecified atom stereocenters. The van der Waals surface area contributed by atoms with Gasteiger partial charge in [0.1, 0.15) is 5.69 Å². The van der Waals surface area contributed by atoms with E-state index in [4.69, 9.17) is 38.0 Å². The lowest BCUT2D eigenvalue weighted by Crippen LogP contribution is -2.33.